The van der Waals surface area contributed by atoms with Crippen LogP contribution in [0.2, 0.25) is 5.02 Å². The van der Waals surface area contributed by atoms with Crippen LogP contribution in [0.3, 0.4) is 0 Å². The summed E-state index contributed by atoms with van der Waals surface area (Å²) in [6.07, 6.45) is 0.790. The Morgan fingerprint density at radius 2 is 1.92 bits per heavy atom. The van der Waals surface area contributed by atoms with E-state index in [2.05, 4.69) is 30.0 Å². The van der Waals surface area contributed by atoms with Gasteiger partial charge < -0.3 is 9.64 Å². The highest BCUT2D eigenvalue weighted by molar-refractivity contribution is 6.31. The fourth-order valence-corrected chi connectivity index (χ4v) is 3.59. The Kier molecular flexibility index (Phi) is 5.84. The molecule has 1 aliphatic heterocycles. The minimum atomic E-state index is -0.0262. The van der Waals surface area contributed by atoms with Crippen molar-refractivity contribution in [3.63, 3.8) is 0 Å². The zero-order valence-electron chi connectivity index (χ0n) is 15.5. The average Bonchev–Trinajstić information content (AvgIpc) is 2.98. The van der Waals surface area contributed by atoms with Gasteiger partial charge in [0.15, 0.2) is 0 Å². The van der Waals surface area contributed by atoms with Crippen molar-refractivity contribution in [3.8, 4) is 5.75 Å². The van der Waals surface area contributed by atoms with Crippen molar-refractivity contribution in [3.05, 3.63) is 64.2 Å². The minimum absolute atomic E-state index is 0.0262. The number of hydrogen-bond acceptors (Lipinski definition) is 3. The number of likely N-dealkylation sites (N-methyl/N-ethyl adjacent to an activating group) is 1. The first-order valence-electron chi connectivity index (χ1n) is 8.96. The molecule has 0 N–H and O–H groups in total. The highest BCUT2D eigenvalue weighted by Gasteiger charge is 2.37. The number of methoxy groups -OCH3 is 1. The Balaban J connectivity index is 1.80. The van der Waals surface area contributed by atoms with Gasteiger partial charge in [-0.05, 0) is 54.8 Å². The molecule has 2 aromatic carbocycles. The summed E-state index contributed by atoms with van der Waals surface area (Å²) in [7, 11) is 1.66. The van der Waals surface area contributed by atoms with Gasteiger partial charge in [-0.2, -0.15) is 0 Å². The topological polar surface area (TPSA) is 32.8 Å². The number of ether oxygens (including phenoxy) is 1. The first-order chi connectivity index (χ1) is 12.5. The number of rotatable bonds is 6. The summed E-state index contributed by atoms with van der Waals surface area (Å²) < 4.78 is 5.21. The Hall–Kier alpha value is -2.04. The summed E-state index contributed by atoms with van der Waals surface area (Å²) >= 11 is 6.18. The van der Waals surface area contributed by atoms with Crippen LogP contribution in [0.5, 0.6) is 5.75 Å². The summed E-state index contributed by atoms with van der Waals surface area (Å²) in [5, 5.41) is 0.755. The van der Waals surface area contributed by atoms with Crippen LogP contribution in [0.15, 0.2) is 42.5 Å². The molecule has 1 saturated heterocycles. The zero-order valence-corrected chi connectivity index (χ0v) is 16.3. The molecule has 0 aliphatic carbocycles. The molecule has 2 aromatic rings. The van der Waals surface area contributed by atoms with E-state index in [-0.39, 0.29) is 12.1 Å². The Morgan fingerprint density at radius 1 is 1.19 bits per heavy atom. The molecule has 5 heteroatoms. The van der Waals surface area contributed by atoms with Crippen LogP contribution < -0.4 is 4.74 Å². The van der Waals surface area contributed by atoms with Gasteiger partial charge in [-0.1, -0.05) is 42.8 Å². The zero-order chi connectivity index (χ0) is 18.7. The molecule has 0 bridgehead atoms. The quantitative estimate of drug-likeness (QED) is 0.766. The van der Waals surface area contributed by atoms with Gasteiger partial charge in [0, 0.05) is 11.6 Å². The summed E-state index contributed by atoms with van der Waals surface area (Å²) in [5.74, 6) is 1.02. The lowest BCUT2D eigenvalue weighted by Crippen LogP contribution is -2.33. The number of amides is 1. The van der Waals surface area contributed by atoms with Gasteiger partial charge in [-0.25, -0.2) is 0 Å². The highest BCUT2D eigenvalue weighted by atomic mass is 35.5. The third-order valence-electron chi connectivity index (χ3n) is 4.99. The van der Waals surface area contributed by atoms with Crippen LogP contribution in [-0.4, -0.2) is 42.5 Å². The predicted octanol–water partition coefficient (Wildman–Crippen LogP) is 4.06. The van der Waals surface area contributed by atoms with Crippen molar-refractivity contribution in [1.82, 2.24) is 9.80 Å². The van der Waals surface area contributed by atoms with Crippen LogP contribution in [0.1, 0.15) is 29.8 Å². The maximum atomic E-state index is 12.6. The van der Waals surface area contributed by atoms with Crippen molar-refractivity contribution < 1.29 is 9.53 Å². The molecule has 4 nitrogen and oxygen atoms in total. The maximum absolute atomic E-state index is 12.6. The maximum Gasteiger partial charge on any atom is 0.238 e. The van der Waals surface area contributed by atoms with Crippen molar-refractivity contribution >= 4 is 17.5 Å². The number of nitrogens with zero attached hydrogens (tertiary/aromatic N) is 2. The molecule has 1 fully saturated rings. The van der Waals surface area contributed by atoms with Crippen molar-refractivity contribution in [2.75, 3.05) is 26.7 Å². The molecular formula is C21H25ClN2O2. The van der Waals surface area contributed by atoms with E-state index in [9.17, 15) is 4.79 Å². The second-order valence-corrected chi connectivity index (χ2v) is 7.04. The van der Waals surface area contributed by atoms with E-state index in [0.29, 0.717) is 13.1 Å². The minimum Gasteiger partial charge on any atom is -0.497 e. The lowest BCUT2D eigenvalue weighted by molar-refractivity contribution is -0.128. The molecule has 0 radical (unpaired) electrons. The molecular weight excluding hydrogens is 348 g/mol. The SMILES string of the molecule is CCN1CC(=O)N(CCc2ccc(OC)cc2)C1c1ccc(Cl)c(C)c1. The van der Waals surface area contributed by atoms with Crippen LogP contribution in [-0.2, 0) is 11.2 Å². The van der Waals surface area contributed by atoms with E-state index in [4.69, 9.17) is 16.3 Å². The van der Waals surface area contributed by atoms with Crippen molar-refractivity contribution in [1.29, 1.82) is 0 Å². The summed E-state index contributed by atoms with van der Waals surface area (Å²) in [6.45, 7) is 6.08. The standard InChI is InChI=1S/C21H25ClN2O2/c1-4-23-14-20(25)24(12-11-16-5-8-18(26-3)9-6-16)21(23)17-7-10-19(22)15(2)13-17/h5-10,13,21H,4,11-12,14H2,1-3H3. The number of hydrogen-bond donors (Lipinski definition) is 0. The second-order valence-electron chi connectivity index (χ2n) is 6.63. The van der Waals surface area contributed by atoms with E-state index in [0.717, 1.165) is 34.9 Å². The molecule has 1 amide bonds. The van der Waals surface area contributed by atoms with Gasteiger partial charge in [-0.15, -0.1) is 0 Å². The van der Waals surface area contributed by atoms with Gasteiger partial charge in [0.05, 0.1) is 13.7 Å². The molecule has 26 heavy (non-hydrogen) atoms. The third kappa shape index (κ3) is 3.87. The van der Waals surface area contributed by atoms with Gasteiger partial charge in [0.1, 0.15) is 11.9 Å². The van der Waals surface area contributed by atoms with Gasteiger partial charge in [-0.3, -0.25) is 9.69 Å². The second kappa shape index (κ2) is 8.11. The Labute approximate surface area is 160 Å². The van der Waals surface area contributed by atoms with Crippen LogP contribution in [0.4, 0.5) is 0 Å². The summed E-state index contributed by atoms with van der Waals surface area (Å²) in [4.78, 5) is 16.8. The number of benzene rings is 2. The van der Waals surface area contributed by atoms with E-state index >= 15 is 0 Å². The lowest BCUT2D eigenvalue weighted by Gasteiger charge is -2.30. The van der Waals surface area contributed by atoms with Gasteiger partial charge >= 0.3 is 0 Å². The monoisotopic (exact) mass is 372 g/mol. The van der Waals surface area contributed by atoms with E-state index in [1.165, 1.54) is 5.56 Å². The van der Waals surface area contributed by atoms with Crippen molar-refractivity contribution in [2.45, 2.75) is 26.4 Å². The normalized spacial score (nSPS) is 17.8. The van der Waals surface area contributed by atoms with Crippen LogP contribution >= 0.6 is 11.6 Å². The number of aryl methyl sites for hydroxylation is 1. The smallest absolute Gasteiger partial charge is 0.238 e. The molecule has 0 aromatic heterocycles. The molecule has 3 rings (SSSR count). The molecule has 0 saturated carbocycles. The molecule has 0 spiro atoms. The summed E-state index contributed by atoms with van der Waals surface area (Å²) in [6, 6.07) is 14.1. The molecule has 1 unspecified atom stereocenters. The highest BCUT2D eigenvalue weighted by Crippen LogP contribution is 2.32. The average molecular weight is 373 g/mol. The molecule has 138 valence electrons. The van der Waals surface area contributed by atoms with Crippen LogP contribution in [0.25, 0.3) is 0 Å². The first-order valence-corrected chi connectivity index (χ1v) is 9.33. The predicted molar refractivity (Wildman–Crippen MR) is 105 cm³/mol. The van der Waals surface area contributed by atoms with Crippen LogP contribution in [0, 0.1) is 6.92 Å². The van der Waals surface area contributed by atoms with Gasteiger partial charge in [0.25, 0.3) is 0 Å². The lowest BCUT2D eigenvalue weighted by atomic mass is 10.1. The van der Waals surface area contributed by atoms with E-state index in [1.54, 1.807) is 7.11 Å². The first kappa shape index (κ1) is 18.7. The fourth-order valence-electron chi connectivity index (χ4n) is 3.48. The molecule has 1 aliphatic rings. The largest absolute Gasteiger partial charge is 0.497 e. The fraction of sp³-hybridized carbons (Fsp3) is 0.381. The Bertz CT molecular complexity index is 776. The van der Waals surface area contributed by atoms with E-state index < -0.39 is 0 Å². The molecule has 1 heterocycles. The number of carbonyl (C=O) groups excluding carboxylic acids is 1. The number of carbonyl (C=O) groups is 1. The third-order valence-corrected chi connectivity index (χ3v) is 5.41. The van der Waals surface area contributed by atoms with Gasteiger partial charge in [0.2, 0.25) is 5.91 Å². The Morgan fingerprint density at radius 3 is 2.54 bits per heavy atom. The summed E-state index contributed by atoms with van der Waals surface area (Å²) in [5.41, 5.74) is 3.35. The van der Waals surface area contributed by atoms with E-state index in [1.807, 2.05) is 36.1 Å². The number of halogens is 1. The van der Waals surface area contributed by atoms with Crippen molar-refractivity contribution in [2.24, 2.45) is 0 Å². The molecule has 1 atom stereocenters.